The van der Waals surface area contributed by atoms with Crippen LogP contribution in [-0.2, 0) is 6.42 Å². The fraction of sp³-hybridized carbons (Fsp3) is 0.450. The first kappa shape index (κ1) is 16.8. The van der Waals surface area contributed by atoms with Crippen molar-refractivity contribution in [3.8, 4) is 0 Å². The predicted octanol–water partition coefficient (Wildman–Crippen LogP) is 3.33. The van der Waals surface area contributed by atoms with Crippen molar-refractivity contribution in [1.82, 2.24) is 10.2 Å². The van der Waals surface area contributed by atoms with E-state index in [1.54, 1.807) is 4.90 Å². The molecule has 0 atom stereocenters. The van der Waals surface area contributed by atoms with E-state index in [9.17, 15) is 9.90 Å². The van der Waals surface area contributed by atoms with E-state index in [2.05, 4.69) is 41.7 Å². The number of aliphatic hydroxyl groups is 1. The highest BCUT2D eigenvalue weighted by Crippen LogP contribution is 2.20. The maximum atomic E-state index is 12.3. The predicted molar refractivity (Wildman–Crippen MR) is 97.1 cm³/mol. The molecular formula is C20H26N2O2. The quantitative estimate of drug-likeness (QED) is 0.905. The molecule has 128 valence electrons. The Morgan fingerprint density at radius 3 is 2.62 bits per heavy atom. The van der Waals surface area contributed by atoms with E-state index in [0.29, 0.717) is 6.54 Å². The minimum absolute atomic E-state index is 0.0170. The van der Waals surface area contributed by atoms with Crippen LogP contribution in [0.5, 0.6) is 0 Å². The van der Waals surface area contributed by atoms with E-state index in [4.69, 9.17) is 0 Å². The molecule has 4 nitrogen and oxygen atoms in total. The van der Waals surface area contributed by atoms with Crippen LogP contribution in [0.25, 0.3) is 10.8 Å². The van der Waals surface area contributed by atoms with E-state index < -0.39 is 0 Å². The standard InChI is InChI=1S/C20H26N2O2/c1-22(20(24)21-17-9-11-18(23)12-10-17)14-13-16-7-4-6-15-5-2-3-8-19(15)16/h2-8,17-18,23H,9-14H2,1H3,(H,21,24). The third-order valence-electron chi connectivity index (χ3n) is 4.97. The molecule has 2 aromatic rings. The van der Waals surface area contributed by atoms with Gasteiger partial charge >= 0.3 is 6.03 Å². The van der Waals surface area contributed by atoms with Crippen LogP contribution in [0, 0.1) is 0 Å². The molecule has 2 aromatic carbocycles. The summed E-state index contributed by atoms with van der Waals surface area (Å²) in [6.07, 6.45) is 3.94. The molecule has 0 saturated heterocycles. The summed E-state index contributed by atoms with van der Waals surface area (Å²) in [6, 6.07) is 14.9. The Balaban J connectivity index is 1.54. The molecule has 0 bridgehead atoms. The van der Waals surface area contributed by atoms with Gasteiger partial charge in [0, 0.05) is 19.6 Å². The Hall–Kier alpha value is -2.07. The molecule has 24 heavy (non-hydrogen) atoms. The number of likely N-dealkylation sites (N-methyl/N-ethyl adjacent to an activating group) is 1. The lowest BCUT2D eigenvalue weighted by molar-refractivity contribution is 0.116. The Labute approximate surface area is 143 Å². The summed E-state index contributed by atoms with van der Waals surface area (Å²) >= 11 is 0. The van der Waals surface area contributed by atoms with Gasteiger partial charge < -0.3 is 15.3 Å². The van der Waals surface area contributed by atoms with Crippen molar-refractivity contribution < 1.29 is 9.90 Å². The topological polar surface area (TPSA) is 52.6 Å². The molecule has 0 radical (unpaired) electrons. The molecule has 0 aliphatic heterocycles. The largest absolute Gasteiger partial charge is 0.393 e. The van der Waals surface area contributed by atoms with E-state index >= 15 is 0 Å². The maximum absolute atomic E-state index is 12.3. The number of aliphatic hydroxyl groups excluding tert-OH is 1. The molecular weight excluding hydrogens is 300 g/mol. The summed E-state index contributed by atoms with van der Waals surface area (Å²) in [5.74, 6) is 0. The number of fused-ring (bicyclic) bond motifs is 1. The van der Waals surface area contributed by atoms with Crippen molar-refractivity contribution >= 4 is 16.8 Å². The zero-order chi connectivity index (χ0) is 16.9. The number of hydrogen-bond acceptors (Lipinski definition) is 2. The minimum atomic E-state index is -0.192. The van der Waals surface area contributed by atoms with Crippen LogP contribution in [0.2, 0.25) is 0 Å². The molecule has 2 amide bonds. The first-order valence-electron chi connectivity index (χ1n) is 8.80. The van der Waals surface area contributed by atoms with Crippen LogP contribution >= 0.6 is 0 Å². The first-order valence-corrected chi connectivity index (χ1v) is 8.80. The molecule has 4 heteroatoms. The number of amides is 2. The second-order valence-electron chi connectivity index (χ2n) is 6.76. The number of urea groups is 1. The zero-order valence-corrected chi connectivity index (χ0v) is 14.2. The molecule has 0 heterocycles. The summed E-state index contributed by atoms with van der Waals surface area (Å²) in [6.45, 7) is 0.690. The second-order valence-corrected chi connectivity index (χ2v) is 6.76. The Morgan fingerprint density at radius 1 is 1.12 bits per heavy atom. The zero-order valence-electron chi connectivity index (χ0n) is 14.2. The van der Waals surface area contributed by atoms with Gasteiger partial charge in [0.25, 0.3) is 0 Å². The number of nitrogens with one attached hydrogen (secondary N) is 1. The lowest BCUT2D eigenvalue weighted by Crippen LogP contribution is -2.45. The van der Waals surface area contributed by atoms with Crippen LogP contribution in [0.1, 0.15) is 31.2 Å². The van der Waals surface area contributed by atoms with Crippen LogP contribution in [0.4, 0.5) is 4.79 Å². The lowest BCUT2D eigenvalue weighted by atomic mass is 9.93. The molecule has 1 fully saturated rings. The fourth-order valence-electron chi connectivity index (χ4n) is 3.41. The molecule has 0 unspecified atom stereocenters. The van der Waals surface area contributed by atoms with Crippen LogP contribution in [0.3, 0.4) is 0 Å². The van der Waals surface area contributed by atoms with E-state index in [-0.39, 0.29) is 18.2 Å². The SMILES string of the molecule is CN(CCc1cccc2ccccc12)C(=O)NC1CCC(O)CC1. The summed E-state index contributed by atoms with van der Waals surface area (Å²) in [4.78, 5) is 14.1. The average Bonchev–Trinajstić information content (AvgIpc) is 2.61. The highest BCUT2D eigenvalue weighted by molar-refractivity contribution is 5.85. The van der Waals surface area contributed by atoms with Crippen molar-refractivity contribution in [1.29, 1.82) is 0 Å². The van der Waals surface area contributed by atoms with Crippen molar-refractivity contribution in [2.24, 2.45) is 0 Å². The Bertz CT molecular complexity index is 688. The molecule has 0 aromatic heterocycles. The van der Waals surface area contributed by atoms with Gasteiger partial charge in [-0.25, -0.2) is 4.79 Å². The van der Waals surface area contributed by atoms with Gasteiger partial charge in [0.2, 0.25) is 0 Å². The molecule has 0 spiro atoms. The van der Waals surface area contributed by atoms with Gasteiger partial charge in [-0.1, -0.05) is 42.5 Å². The van der Waals surface area contributed by atoms with Crippen LogP contribution < -0.4 is 5.32 Å². The Morgan fingerprint density at radius 2 is 1.83 bits per heavy atom. The van der Waals surface area contributed by atoms with E-state index in [1.807, 2.05) is 13.1 Å². The number of hydrogen-bond donors (Lipinski definition) is 2. The normalized spacial score (nSPS) is 20.8. The third-order valence-corrected chi connectivity index (χ3v) is 4.97. The number of rotatable bonds is 4. The van der Waals surface area contributed by atoms with Gasteiger partial charge in [0.15, 0.2) is 0 Å². The number of carbonyl (C=O) groups excluding carboxylic acids is 1. The maximum Gasteiger partial charge on any atom is 0.317 e. The molecule has 1 aliphatic carbocycles. The van der Waals surface area contributed by atoms with E-state index in [0.717, 1.165) is 32.1 Å². The number of nitrogens with zero attached hydrogens (tertiary/aromatic N) is 1. The van der Waals surface area contributed by atoms with Gasteiger partial charge in [0.1, 0.15) is 0 Å². The van der Waals surface area contributed by atoms with Gasteiger partial charge in [0.05, 0.1) is 6.10 Å². The molecule has 3 rings (SSSR count). The minimum Gasteiger partial charge on any atom is -0.393 e. The van der Waals surface area contributed by atoms with Gasteiger partial charge in [-0.15, -0.1) is 0 Å². The number of benzene rings is 2. The van der Waals surface area contributed by atoms with Crippen molar-refractivity contribution in [2.45, 2.75) is 44.2 Å². The highest BCUT2D eigenvalue weighted by atomic mass is 16.3. The van der Waals surface area contributed by atoms with Crippen LogP contribution in [-0.4, -0.2) is 41.8 Å². The second kappa shape index (κ2) is 7.67. The molecule has 1 saturated carbocycles. The lowest BCUT2D eigenvalue weighted by Gasteiger charge is -2.28. The smallest absolute Gasteiger partial charge is 0.317 e. The summed E-state index contributed by atoms with van der Waals surface area (Å²) in [5.41, 5.74) is 1.27. The van der Waals surface area contributed by atoms with Crippen molar-refractivity contribution in [3.05, 3.63) is 48.0 Å². The van der Waals surface area contributed by atoms with Crippen molar-refractivity contribution in [3.63, 3.8) is 0 Å². The van der Waals surface area contributed by atoms with Crippen molar-refractivity contribution in [2.75, 3.05) is 13.6 Å². The Kier molecular flexibility index (Phi) is 5.36. The number of carbonyl (C=O) groups is 1. The first-order chi connectivity index (χ1) is 11.6. The fourth-order valence-corrected chi connectivity index (χ4v) is 3.41. The third kappa shape index (κ3) is 4.06. The average molecular weight is 326 g/mol. The van der Waals surface area contributed by atoms with Gasteiger partial charge in [-0.05, 0) is 48.4 Å². The van der Waals surface area contributed by atoms with Crippen LogP contribution in [0.15, 0.2) is 42.5 Å². The molecule has 1 aliphatic rings. The van der Waals surface area contributed by atoms with E-state index in [1.165, 1.54) is 16.3 Å². The highest BCUT2D eigenvalue weighted by Gasteiger charge is 2.21. The monoisotopic (exact) mass is 326 g/mol. The molecule has 2 N–H and O–H groups in total. The van der Waals surface area contributed by atoms with Gasteiger partial charge in [-0.2, -0.15) is 0 Å². The summed E-state index contributed by atoms with van der Waals surface area (Å²) < 4.78 is 0. The summed E-state index contributed by atoms with van der Waals surface area (Å²) in [5, 5.41) is 15.1. The van der Waals surface area contributed by atoms with Gasteiger partial charge in [-0.3, -0.25) is 0 Å². The summed E-state index contributed by atoms with van der Waals surface area (Å²) in [7, 11) is 1.85.